The molecule has 2 amide bonds. The Morgan fingerprint density at radius 2 is 1.59 bits per heavy atom. The lowest BCUT2D eigenvalue weighted by molar-refractivity contribution is -0.136. The number of Topliss-reactive ketones (excluding diaryl/α,β-unsaturated/α-hetero) is 1. The second-order valence-electron chi connectivity index (χ2n) is 8.41. The summed E-state index contributed by atoms with van der Waals surface area (Å²) in [5, 5.41) is 21.4. The van der Waals surface area contributed by atoms with Crippen LogP contribution in [0.1, 0.15) is 54.4 Å². The Bertz CT molecular complexity index is 908. The van der Waals surface area contributed by atoms with E-state index in [1.165, 1.54) is 12.1 Å². The molecule has 3 rings (SSSR count). The summed E-state index contributed by atoms with van der Waals surface area (Å²) in [4.78, 5) is 38.5. The normalized spacial score (nSPS) is 16.0. The number of phenolic OH excluding ortho intramolecular Hbond substituents is 1. The molecular weight excluding hydrogens is 408 g/mol. The first kappa shape index (κ1) is 23.5. The lowest BCUT2D eigenvalue weighted by Crippen LogP contribution is -2.47. The molecule has 0 bridgehead atoms. The van der Waals surface area contributed by atoms with Crippen LogP contribution in [-0.4, -0.2) is 34.0 Å². The Morgan fingerprint density at radius 1 is 0.938 bits per heavy atom. The second-order valence-corrected chi connectivity index (χ2v) is 8.41. The smallest absolute Gasteiger partial charge is 0.244 e. The van der Waals surface area contributed by atoms with Gasteiger partial charge in [-0.2, -0.15) is 0 Å². The van der Waals surface area contributed by atoms with Crippen molar-refractivity contribution in [1.29, 1.82) is 0 Å². The fourth-order valence-corrected chi connectivity index (χ4v) is 4.41. The van der Waals surface area contributed by atoms with Crippen molar-refractivity contribution in [2.45, 2.75) is 51.0 Å². The van der Waals surface area contributed by atoms with E-state index in [1.54, 1.807) is 41.9 Å². The van der Waals surface area contributed by atoms with E-state index in [4.69, 9.17) is 5.21 Å². The topological polar surface area (TPSA) is 116 Å². The van der Waals surface area contributed by atoms with Gasteiger partial charge < -0.3 is 10.4 Å². The van der Waals surface area contributed by atoms with Gasteiger partial charge in [0.05, 0.1) is 6.04 Å². The molecule has 170 valence electrons. The van der Waals surface area contributed by atoms with Crippen molar-refractivity contribution in [2.24, 2.45) is 11.8 Å². The zero-order valence-electron chi connectivity index (χ0n) is 18.0. The highest BCUT2D eigenvalue weighted by Crippen LogP contribution is 2.32. The molecule has 2 aromatic carbocycles. The molecule has 0 aromatic heterocycles. The van der Waals surface area contributed by atoms with Crippen molar-refractivity contribution in [3.05, 3.63) is 65.7 Å². The van der Waals surface area contributed by atoms with E-state index in [2.05, 4.69) is 5.32 Å². The van der Waals surface area contributed by atoms with Gasteiger partial charge in [0.15, 0.2) is 5.78 Å². The summed E-state index contributed by atoms with van der Waals surface area (Å²) in [5.74, 6) is -1.65. The molecule has 7 nitrogen and oxygen atoms in total. The average Bonchev–Trinajstić information content (AvgIpc) is 2.83. The largest absolute Gasteiger partial charge is 0.508 e. The van der Waals surface area contributed by atoms with E-state index in [1.807, 2.05) is 6.07 Å². The van der Waals surface area contributed by atoms with Crippen molar-refractivity contribution >= 4 is 17.6 Å². The van der Waals surface area contributed by atoms with Crippen LogP contribution in [-0.2, 0) is 16.0 Å². The summed E-state index contributed by atoms with van der Waals surface area (Å²) in [5.41, 5.74) is 2.90. The maximum atomic E-state index is 13.3. The van der Waals surface area contributed by atoms with E-state index in [-0.39, 0.29) is 36.2 Å². The second kappa shape index (κ2) is 11.4. The first-order valence-corrected chi connectivity index (χ1v) is 11.1. The molecule has 32 heavy (non-hydrogen) atoms. The Labute approximate surface area is 187 Å². The van der Waals surface area contributed by atoms with Gasteiger partial charge in [-0.15, -0.1) is 0 Å². The lowest BCUT2D eigenvalue weighted by atomic mass is 9.77. The molecule has 4 N–H and O–H groups in total. The molecule has 0 radical (unpaired) electrons. The zero-order chi connectivity index (χ0) is 22.9. The van der Waals surface area contributed by atoms with Crippen molar-refractivity contribution in [1.82, 2.24) is 10.8 Å². The molecule has 2 aromatic rings. The minimum Gasteiger partial charge on any atom is -0.508 e. The van der Waals surface area contributed by atoms with Crippen LogP contribution in [0.15, 0.2) is 54.6 Å². The predicted octanol–water partition coefficient (Wildman–Crippen LogP) is 3.39. The van der Waals surface area contributed by atoms with Crippen molar-refractivity contribution in [3.63, 3.8) is 0 Å². The fourth-order valence-electron chi connectivity index (χ4n) is 4.41. The van der Waals surface area contributed by atoms with Crippen LogP contribution in [0.25, 0.3) is 0 Å². The molecule has 0 spiro atoms. The van der Waals surface area contributed by atoms with Crippen LogP contribution in [0.3, 0.4) is 0 Å². The van der Waals surface area contributed by atoms with Gasteiger partial charge in [0.25, 0.3) is 0 Å². The Kier molecular flexibility index (Phi) is 8.39. The summed E-state index contributed by atoms with van der Waals surface area (Å²) < 4.78 is 0. The van der Waals surface area contributed by atoms with Gasteiger partial charge in [-0.3, -0.25) is 19.6 Å². The molecule has 0 saturated heterocycles. The maximum absolute atomic E-state index is 13.3. The number of carbonyl (C=O) groups is 3. The molecule has 2 atom stereocenters. The number of carbonyl (C=O) groups excluding carboxylic acids is 3. The Morgan fingerprint density at radius 3 is 2.22 bits per heavy atom. The summed E-state index contributed by atoms with van der Waals surface area (Å²) in [6.07, 6.45) is 4.90. The van der Waals surface area contributed by atoms with Crippen molar-refractivity contribution in [2.75, 3.05) is 0 Å². The number of benzene rings is 2. The molecular formula is C25H30N2O5. The van der Waals surface area contributed by atoms with Gasteiger partial charge in [-0.05, 0) is 36.5 Å². The molecule has 0 heterocycles. The van der Waals surface area contributed by atoms with Gasteiger partial charge in [-0.1, -0.05) is 61.7 Å². The van der Waals surface area contributed by atoms with Crippen molar-refractivity contribution < 1.29 is 24.7 Å². The predicted molar refractivity (Wildman–Crippen MR) is 119 cm³/mol. The first-order chi connectivity index (χ1) is 15.5. The van der Waals surface area contributed by atoms with Gasteiger partial charge in [0.2, 0.25) is 11.8 Å². The number of rotatable bonds is 9. The van der Waals surface area contributed by atoms with Crippen LogP contribution in [0.5, 0.6) is 5.75 Å². The number of hydroxylamine groups is 1. The number of ketones is 1. The maximum Gasteiger partial charge on any atom is 0.244 e. The van der Waals surface area contributed by atoms with E-state index < -0.39 is 17.9 Å². The number of nitrogens with one attached hydrogen (secondary N) is 2. The molecule has 1 saturated carbocycles. The number of amides is 2. The Balaban J connectivity index is 1.83. The Hall–Kier alpha value is -3.19. The minimum atomic E-state index is -0.822. The summed E-state index contributed by atoms with van der Waals surface area (Å²) in [7, 11) is 0. The number of phenols is 1. The molecule has 1 aliphatic rings. The van der Waals surface area contributed by atoms with Crippen LogP contribution < -0.4 is 10.8 Å². The third kappa shape index (κ3) is 6.40. The zero-order valence-corrected chi connectivity index (χ0v) is 18.0. The van der Waals surface area contributed by atoms with E-state index in [0.717, 1.165) is 37.7 Å². The third-order valence-corrected chi connectivity index (χ3v) is 6.15. The average molecular weight is 439 g/mol. The summed E-state index contributed by atoms with van der Waals surface area (Å²) >= 11 is 0. The minimum absolute atomic E-state index is 0.0298. The highest BCUT2D eigenvalue weighted by atomic mass is 16.5. The quantitative estimate of drug-likeness (QED) is 0.272. The van der Waals surface area contributed by atoms with Gasteiger partial charge in [-0.25, -0.2) is 5.48 Å². The molecule has 0 aliphatic heterocycles. The third-order valence-electron chi connectivity index (χ3n) is 6.15. The molecule has 0 unspecified atom stereocenters. The molecule has 1 fully saturated rings. The van der Waals surface area contributed by atoms with Crippen LogP contribution in [0.2, 0.25) is 0 Å². The van der Waals surface area contributed by atoms with Gasteiger partial charge >= 0.3 is 0 Å². The fraction of sp³-hybridized carbons (Fsp3) is 0.400. The van der Waals surface area contributed by atoms with Crippen LogP contribution in [0, 0.1) is 11.8 Å². The van der Waals surface area contributed by atoms with E-state index in [0.29, 0.717) is 5.56 Å². The van der Waals surface area contributed by atoms with Gasteiger partial charge in [0.1, 0.15) is 5.75 Å². The molecule has 7 heteroatoms. The SMILES string of the molecule is O=C(C[C@H](C(=O)N[C@@H](Cc1ccc(O)cc1)C(=O)c1ccccc1)C1CCCCC1)NO. The first-order valence-electron chi connectivity index (χ1n) is 11.1. The summed E-state index contributed by atoms with van der Waals surface area (Å²) in [6, 6.07) is 14.4. The summed E-state index contributed by atoms with van der Waals surface area (Å²) in [6.45, 7) is 0. The molecule has 1 aliphatic carbocycles. The van der Waals surface area contributed by atoms with Gasteiger partial charge in [0, 0.05) is 24.3 Å². The lowest BCUT2D eigenvalue weighted by Gasteiger charge is -2.30. The standard InChI is InChI=1S/C25H30N2O5/c28-20-13-11-17(12-14-20)15-22(24(30)19-9-5-2-6-10-19)26-25(31)21(16-23(29)27-32)18-7-3-1-4-8-18/h2,5-6,9-14,18,21-22,28,32H,1,3-4,7-8,15-16H2,(H,26,31)(H,27,29)/t21-,22-/m0/s1. The number of hydrogen-bond acceptors (Lipinski definition) is 5. The highest BCUT2D eigenvalue weighted by Gasteiger charge is 2.34. The van der Waals surface area contributed by atoms with E-state index >= 15 is 0 Å². The van der Waals surface area contributed by atoms with Crippen molar-refractivity contribution in [3.8, 4) is 5.75 Å². The van der Waals surface area contributed by atoms with Crippen LogP contribution in [0.4, 0.5) is 0 Å². The number of aromatic hydroxyl groups is 1. The van der Waals surface area contributed by atoms with E-state index in [9.17, 15) is 19.5 Å². The number of hydrogen-bond donors (Lipinski definition) is 4. The highest BCUT2D eigenvalue weighted by molar-refractivity contribution is 6.02. The van der Waals surface area contributed by atoms with Crippen LogP contribution >= 0.6 is 0 Å². The monoisotopic (exact) mass is 438 g/mol.